The van der Waals surface area contributed by atoms with Gasteiger partial charge in [-0.05, 0) is 61.2 Å². The molecule has 2 unspecified atom stereocenters. The van der Waals surface area contributed by atoms with Gasteiger partial charge in [-0.25, -0.2) is 4.39 Å². The van der Waals surface area contributed by atoms with Crippen molar-refractivity contribution in [3.63, 3.8) is 0 Å². The molecular formula is C27H32FN3O3. The van der Waals surface area contributed by atoms with Gasteiger partial charge in [0, 0.05) is 38.4 Å². The highest BCUT2D eigenvalue weighted by Gasteiger charge is 2.37. The van der Waals surface area contributed by atoms with E-state index in [1.807, 2.05) is 41.3 Å². The highest BCUT2D eigenvalue weighted by molar-refractivity contribution is 5.88. The van der Waals surface area contributed by atoms with E-state index in [1.165, 1.54) is 12.1 Å². The Morgan fingerprint density at radius 1 is 0.941 bits per heavy atom. The molecule has 2 aromatic rings. The van der Waals surface area contributed by atoms with Crippen LogP contribution in [-0.2, 0) is 16.0 Å². The minimum Gasteiger partial charge on any atom is -0.497 e. The molecular weight excluding hydrogens is 433 g/mol. The largest absolute Gasteiger partial charge is 0.497 e. The zero-order valence-electron chi connectivity index (χ0n) is 19.6. The number of benzene rings is 2. The Labute approximate surface area is 200 Å². The van der Waals surface area contributed by atoms with Gasteiger partial charge in [0.15, 0.2) is 0 Å². The van der Waals surface area contributed by atoms with Crippen LogP contribution in [0, 0.1) is 17.7 Å². The van der Waals surface area contributed by atoms with Crippen molar-refractivity contribution in [2.75, 3.05) is 44.7 Å². The molecule has 1 heterocycles. The normalized spacial score (nSPS) is 20.2. The second kappa shape index (κ2) is 11.2. The van der Waals surface area contributed by atoms with Crippen LogP contribution in [0.5, 0.6) is 5.75 Å². The molecule has 0 aromatic heterocycles. The lowest BCUT2D eigenvalue weighted by Gasteiger charge is -2.39. The summed E-state index contributed by atoms with van der Waals surface area (Å²) in [5, 5.41) is 2.99. The molecule has 2 aliphatic rings. The predicted octanol–water partition coefficient (Wildman–Crippen LogP) is 3.42. The third kappa shape index (κ3) is 5.76. The summed E-state index contributed by atoms with van der Waals surface area (Å²) in [5.74, 6) is -0.148. The molecule has 0 bridgehead atoms. The van der Waals surface area contributed by atoms with Gasteiger partial charge in [0.05, 0.1) is 18.9 Å². The van der Waals surface area contributed by atoms with Crippen molar-refractivity contribution < 1.29 is 18.7 Å². The lowest BCUT2D eigenvalue weighted by Crippen LogP contribution is -2.52. The number of amides is 2. The zero-order chi connectivity index (χ0) is 23.9. The quantitative estimate of drug-likeness (QED) is 0.637. The fourth-order valence-corrected chi connectivity index (χ4v) is 4.70. The summed E-state index contributed by atoms with van der Waals surface area (Å²) in [6.07, 6.45) is 5.80. The van der Waals surface area contributed by atoms with Crippen molar-refractivity contribution in [1.82, 2.24) is 10.2 Å². The first-order chi connectivity index (χ1) is 16.5. The van der Waals surface area contributed by atoms with Crippen molar-refractivity contribution in [2.45, 2.75) is 19.3 Å². The summed E-state index contributed by atoms with van der Waals surface area (Å²) in [6, 6.07) is 14.3. The number of ether oxygens (including phenoxy) is 1. The summed E-state index contributed by atoms with van der Waals surface area (Å²) in [7, 11) is 1.65. The van der Waals surface area contributed by atoms with E-state index < -0.39 is 0 Å². The first-order valence-electron chi connectivity index (χ1n) is 11.9. The van der Waals surface area contributed by atoms with Gasteiger partial charge in [-0.3, -0.25) is 9.59 Å². The molecule has 2 aromatic carbocycles. The van der Waals surface area contributed by atoms with Gasteiger partial charge in [-0.2, -0.15) is 0 Å². The Kier molecular flexibility index (Phi) is 7.83. The molecule has 4 rings (SSSR count). The van der Waals surface area contributed by atoms with Crippen LogP contribution in [0.3, 0.4) is 0 Å². The van der Waals surface area contributed by atoms with E-state index in [-0.39, 0.29) is 29.5 Å². The average Bonchev–Trinajstić information content (AvgIpc) is 2.89. The molecule has 1 aliphatic carbocycles. The number of hydrogen-bond acceptors (Lipinski definition) is 4. The van der Waals surface area contributed by atoms with Gasteiger partial charge in [-0.1, -0.05) is 24.3 Å². The standard InChI is InChI=1S/C27H32FN3O3/c1-34-23-12-10-22(11-13-23)30-16-18-31(19-17-30)27(33)25-5-3-2-4-24(25)26(32)29-15-14-20-6-8-21(28)9-7-20/h2-3,6-13,24-25H,4-5,14-19H2,1H3,(H,29,32). The maximum atomic E-state index is 13.4. The van der Waals surface area contributed by atoms with E-state index in [2.05, 4.69) is 10.2 Å². The maximum absolute atomic E-state index is 13.4. The number of carbonyl (C=O) groups excluding carboxylic acids is 2. The van der Waals surface area contributed by atoms with E-state index in [0.717, 1.165) is 30.1 Å². The summed E-state index contributed by atoms with van der Waals surface area (Å²) in [6.45, 7) is 3.27. The predicted molar refractivity (Wildman–Crippen MR) is 130 cm³/mol. The summed E-state index contributed by atoms with van der Waals surface area (Å²) in [4.78, 5) is 30.5. The third-order valence-corrected chi connectivity index (χ3v) is 6.74. The number of anilines is 1. The molecule has 1 saturated heterocycles. The number of hydrogen-bond donors (Lipinski definition) is 1. The van der Waals surface area contributed by atoms with Gasteiger partial charge >= 0.3 is 0 Å². The number of allylic oxidation sites excluding steroid dienone is 2. The van der Waals surface area contributed by atoms with Crippen LogP contribution >= 0.6 is 0 Å². The SMILES string of the molecule is COc1ccc(N2CCN(C(=O)C3CC=CCC3C(=O)NCCc3ccc(F)cc3)CC2)cc1. The minimum atomic E-state index is -0.356. The summed E-state index contributed by atoms with van der Waals surface area (Å²) in [5.41, 5.74) is 2.08. The number of piperazine rings is 1. The lowest BCUT2D eigenvalue weighted by atomic mass is 9.81. The Hall–Kier alpha value is -3.35. The molecule has 2 atom stereocenters. The van der Waals surface area contributed by atoms with E-state index >= 15 is 0 Å². The van der Waals surface area contributed by atoms with Crippen LogP contribution in [0.4, 0.5) is 10.1 Å². The Bertz CT molecular complexity index is 999. The fourth-order valence-electron chi connectivity index (χ4n) is 4.70. The van der Waals surface area contributed by atoms with Crippen LogP contribution in [0.25, 0.3) is 0 Å². The van der Waals surface area contributed by atoms with Crippen LogP contribution in [0.1, 0.15) is 18.4 Å². The first-order valence-corrected chi connectivity index (χ1v) is 11.9. The van der Waals surface area contributed by atoms with Gasteiger partial charge in [0.2, 0.25) is 11.8 Å². The van der Waals surface area contributed by atoms with Gasteiger partial charge in [0.25, 0.3) is 0 Å². The van der Waals surface area contributed by atoms with Gasteiger partial charge in [0.1, 0.15) is 11.6 Å². The molecule has 1 fully saturated rings. The number of rotatable bonds is 7. The Morgan fingerprint density at radius 3 is 2.24 bits per heavy atom. The van der Waals surface area contributed by atoms with E-state index in [1.54, 1.807) is 19.2 Å². The van der Waals surface area contributed by atoms with Crippen LogP contribution < -0.4 is 15.0 Å². The third-order valence-electron chi connectivity index (χ3n) is 6.74. The van der Waals surface area contributed by atoms with Gasteiger partial charge < -0.3 is 19.9 Å². The molecule has 2 amide bonds. The monoisotopic (exact) mass is 465 g/mol. The average molecular weight is 466 g/mol. The number of carbonyl (C=O) groups is 2. The molecule has 0 spiro atoms. The molecule has 34 heavy (non-hydrogen) atoms. The molecule has 6 nitrogen and oxygen atoms in total. The molecule has 0 radical (unpaired) electrons. The summed E-state index contributed by atoms with van der Waals surface area (Å²) < 4.78 is 18.3. The van der Waals surface area contributed by atoms with E-state index in [0.29, 0.717) is 38.9 Å². The van der Waals surface area contributed by atoms with Crippen LogP contribution in [0.2, 0.25) is 0 Å². The molecule has 1 N–H and O–H groups in total. The number of nitrogens with zero attached hydrogens (tertiary/aromatic N) is 2. The van der Waals surface area contributed by atoms with Gasteiger partial charge in [-0.15, -0.1) is 0 Å². The Balaban J connectivity index is 1.30. The number of methoxy groups -OCH3 is 1. The second-order valence-electron chi connectivity index (χ2n) is 8.83. The van der Waals surface area contributed by atoms with E-state index in [9.17, 15) is 14.0 Å². The zero-order valence-corrected chi connectivity index (χ0v) is 19.6. The molecule has 0 saturated carbocycles. The first kappa shape index (κ1) is 23.8. The maximum Gasteiger partial charge on any atom is 0.226 e. The molecule has 7 heteroatoms. The van der Waals surface area contributed by atoms with Crippen molar-refractivity contribution in [2.24, 2.45) is 11.8 Å². The number of halogens is 1. The smallest absolute Gasteiger partial charge is 0.226 e. The molecule has 180 valence electrons. The van der Waals surface area contributed by atoms with Crippen molar-refractivity contribution in [3.05, 3.63) is 72.1 Å². The van der Waals surface area contributed by atoms with Crippen LogP contribution in [0.15, 0.2) is 60.7 Å². The molecule has 1 aliphatic heterocycles. The number of nitrogens with one attached hydrogen (secondary N) is 1. The fraction of sp³-hybridized carbons (Fsp3) is 0.407. The summed E-state index contributed by atoms with van der Waals surface area (Å²) >= 11 is 0. The highest BCUT2D eigenvalue weighted by Crippen LogP contribution is 2.29. The second-order valence-corrected chi connectivity index (χ2v) is 8.83. The van der Waals surface area contributed by atoms with Crippen LogP contribution in [-0.4, -0.2) is 56.5 Å². The van der Waals surface area contributed by atoms with Crippen molar-refractivity contribution in [1.29, 1.82) is 0 Å². The van der Waals surface area contributed by atoms with Crippen molar-refractivity contribution >= 4 is 17.5 Å². The van der Waals surface area contributed by atoms with Crippen molar-refractivity contribution in [3.8, 4) is 5.75 Å². The minimum absolute atomic E-state index is 0.0671. The lowest BCUT2D eigenvalue weighted by molar-refractivity contribution is -0.142. The highest BCUT2D eigenvalue weighted by atomic mass is 19.1. The Morgan fingerprint density at radius 2 is 1.59 bits per heavy atom. The van der Waals surface area contributed by atoms with E-state index in [4.69, 9.17) is 4.74 Å². The topological polar surface area (TPSA) is 61.9 Å².